The maximum Gasteiger partial charge on any atom is 0.137 e. The summed E-state index contributed by atoms with van der Waals surface area (Å²) >= 11 is 0. The number of rotatable bonds is 5. The first-order chi connectivity index (χ1) is 14.2. The summed E-state index contributed by atoms with van der Waals surface area (Å²) in [5.41, 5.74) is 1.56. The Kier molecular flexibility index (Phi) is 5.44. The number of imidazole rings is 1. The highest BCUT2D eigenvalue weighted by Gasteiger charge is 2.31. The molecule has 3 aromatic rings. The highest BCUT2D eigenvalue weighted by molar-refractivity contribution is 5.24. The van der Waals surface area contributed by atoms with Crippen LogP contribution in [0, 0.1) is 11.6 Å². The molecule has 1 aliphatic rings. The Hall–Kier alpha value is -2.61. The molecule has 2 unspecified atom stereocenters. The summed E-state index contributed by atoms with van der Waals surface area (Å²) in [6.07, 6.45) is 5.23. The summed E-state index contributed by atoms with van der Waals surface area (Å²) in [5.74, 6) is -0.286. The minimum atomic E-state index is -0.571. The summed E-state index contributed by atoms with van der Waals surface area (Å²) in [6.45, 7) is 11.4. The van der Waals surface area contributed by atoms with E-state index in [9.17, 15) is 8.78 Å². The lowest BCUT2D eigenvalue weighted by Crippen LogP contribution is -2.43. The number of halogens is 2. The smallest absolute Gasteiger partial charge is 0.137 e. The molecule has 160 valence electrons. The second-order valence-electron chi connectivity index (χ2n) is 9.09. The molecular weight excluding hydrogens is 386 g/mol. The predicted molar refractivity (Wildman–Crippen MR) is 110 cm³/mol. The molecule has 2 atom stereocenters. The zero-order chi connectivity index (χ0) is 21.5. The zero-order valence-corrected chi connectivity index (χ0v) is 17.9. The van der Waals surface area contributed by atoms with Gasteiger partial charge in [0.1, 0.15) is 30.1 Å². The van der Waals surface area contributed by atoms with Crippen LogP contribution in [-0.4, -0.2) is 41.8 Å². The fourth-order valence-electron chi connectivity index (χ4n) is 4.08. The minimum Gasteiger partial charge on any atom is -0.332 e. The number of nitrogens with zero attached hydrogens (tertiary/aromatic N) is 6. The Balaban J connectivity index is 1.61. The second-order valence-corrected chi connectivity index (χ2v) is 9.09. The quantitative estimate of drug-likeness (QED) is 0.638. The van der Waals surface area contributed by atoms with E-state index in [1.54, 1.807) is 17.1 Å². The van der Waals surface area contributed by atoms with Crippen molar-refractivity contribution in [3.8, 4) is 0 Å². The standard InChI is InChI=1S/C22H28F2N6/c1-15(28-7-8-29-11-20(22(2,3)4)27-21(29)12-28)18(10-30-14-25-13-26-30)17-6-5-16(23)9-19(17)24/h5-6,9,11,13-15,18H,7-8,10,12H2,1-4H3. The van der Waals surface area contributed by atoms with E-state index in [1.165, 1.54) is 12.4 Å². The highest BCUT2D eigenvalue weighted by Crippen LogP contribution is 2.31. The Labute approximate surface area is 175 Å². The van der Waals surface area contributed by atoms with Crippen LogP contribution >= 0.6 is 0 Å². The maximum atomic E-state index is 14.7. The lowest BCUT2D eigenvalue weighted by atomic mass is 9.90. The minimum absolute atomic E-state index is 0.00213. The molecule has 0 bridgehead atoms. The van der Waals surface area contributed by atoms with Crippen molar-refractivity contribution in [3.63, 3.8) is 0 Å². The van der Waals surface area contributed by atoms with Crippen LogP contribution in [0.5, 0.6) is 0 Å². The number of hydrogen-bond acceptors (Lipinski definition) is 4. The van der Waals surface area contributed by atoms with Gasteiger partial charge in [-0.25, -0.2) is 18.7 Å². The number of benzene rings is 1. The van der Waals surface area contributed by atoms with Crippen molar-refractivity contribution in [1.82, 2.24) is 29.2 Å². The average Bonchev–Trinajstić information content (AvgIpc) is 3.34. The normalized spacial score (nSPS) is 17.0. The van der Waals surface area contributed by atoms with Crippen molar-refractivity contribution in [2.75, 3.05) is 6.54 Å². The van der Waals surface area contributed by atoms with Gasteiger partial charge in [-0.15, -0.1) is 0 Å². The average molecular weight is 415 g/mol. The summed E-state index contributed by atoms with van der Waals surface area (Å²) in [4.78, 5) is 11.2. The number of aromatic nitrogens is 5. The summed E-state index contributed by atoms with van der Waals surface area (Å²) < 4.78 is 32.1. The third-order valence-corrected chi connectivity index (χ3v) is 5.97. The van der Waals surface area contributed by atoms with E-state index in [2.05, 4.69) is 53.4 Å². The van der Waals surface area contributed by atoms with Crippen LogP contribution in [-0.2, 0) is 25.0 Å². The van der Waals surface area contributed by atoms with Gasteiger partial charge in [-0.05, 0) is 18.6 Å². The Bertz CT molecular complexity index is 1010. The fraction of sp³-hybridized carbons (Fsp3) is 0.500. The van der Waals surface area contributed by atoms with E-state index in [4.69, 9.17) is 4.98 Å². The van der Waals surface area contributed by atoms with Gasteiger partial charge in [-0.2, -0.15) is 5.10 Å². The van der Waals surface area contributed by atoms with E-state index in [-0.39, 0.29) is 17.4 Å². The van der Waals surface area contributed by atoms with Crippen molar-refractivity contribution in [2.24, 2.45) is 0 Å². The molecule has 0 saturated carbocycles. The van der Waals surface area contributed by atoms with E-state index in [0.29, 0.717) is 18.7 Å². The van der Waals surface area contributed by atoms with E-state index in [1.807, 2.05) is 0 Å². The first-order valence-corrected chi connectivity index (χ1v) is 10.3. The van der Waals surface area contributed by atoms with E-state index >= 15 is 0 Å². The van der Waals surface area contributed by atoms with Gasteiger partial charge in [-0.1, -0.05) is 26.8 Å². The van der Waals surface area contributed by atoms with Crippen LogP contribution in [0.4, 0.5) is 8.78 Å². The molecule has 3 heterocycles. The lowest BCUT2D eigenvalue weighted by Gasteiger charge is -2.37. The topological polar surface area (TPSA) is 51.8 Å². The Morgan fingerprint density at radius 1 is 1.17 bits per heavy atom. The second kappa shape index (κ2) is 7.91. The molecule has 0 N–H and O–H groups in total. The molecule has 4 rings (SSSR count). The van der Waals surface area contributed by atoms with Gasteiger partial charge < -0.3 is 4.57 Å². The molecule has 0 radical (unpaired) electrons. The molecule has 6 nitrogen and oxygen atoms in total. The summed E-state index contributed by atoms with van der Waals surface area (Å²) in [5, 5.41) is 4.20. The van der Waals surface area contributed by atoms with Gasteiger partial charge in [0.2, 0.25) is 0 Å². The van der Waals surface area contributed by atoms with Gasteiger partial charge in [0, 0.05) is 42.7 Å². The molecule has 0 amide bonds. The summed E-state index contributed by atoms with van der Waals surface area (Å²) in [7, 11) is 0. The van der Waals surface area contributed by atoms with Crippen LogP contribution in [0.25, 0.3) is 0 Å². The van der Waals surface area contributed by atoms with Crippen LogP contribution in [0.3, 0.4) is 0 Å². The monoisotopic (exact) mass is 414 g/mol. The zero-order valence-electron chi connectivity index (χ0n) is 17.9. The van der Waals surface area contributed by atoms with Crippen LogP contribution in [0.15, 0.2) is 37.1 Å². The summed E-state index contributed by atoms with van der Waals surface area (Å²) in [6, 6.07) is 3.82. The first-order valence-electron chi connectivity index (χ1n) is 10.3. The Morgan fingerprint density at radius 3 is 2.63 bits per heavy atom. The predicted octanol–water partition coefficient (Wildman–Crippen LogP) is 3.74. The molecular formula is C22H28F2N6. The largest absolute Gasteiger partial charge is 0.332 e. The molecule has 8 heteroatoms. The molecule has 0 aliphatic carbocycles. The van der Waals surface area contributed by atoms with Crippen molar-refractivity contribution in [3.05, 3.63) is 65.8 Å². The lowest BCUT2D eigenvalue weighted by molar-refractivity contribution is 0.133. The van der Waals surface area contributed by atoms with Gasteiger partial charge in [-0.3, -0.25) is 9.58 Å². The van der Waals surface area contributed by atoms with Crippen LogP contribution in [0.2, 0.25) is 0 Å². The van der Waals surface area contributed by atoms with E-state index in [0.717, 1.165) is 30.7 Å². The number of fused-ring (bicyclic) bond motifs is 1. The molecule has 1 aliphatic heterocycles. The van der Waals surface area contributed by atoms with Crippen molar-refractivity contribution >= 4 is 0 Å². The number of hydrogen-bond donors (Lipinski definition) is 0. The van der Waals surface area contributed by atoms with Crippen molar-refractivity contribution in [1.29, 1.82) is 0 Å². The van der Waals surface area contributed by atoms with Crippen molar-refractivity contribution < 1.29 is 8.78 Å². The first kappa shape index (κ1) is 20.7. The molecule has 1 aromatic carbocycles. The van der Waals surface area contributed by atoms with Gasteiger partial charge >= 0.3 is 0 Å². The third-order valence-electron chi connectivity index (χ3n) is 5.97. The van der Waals surface area contributed by atoms with E-state index < -0.39 is 11.6 Å². The van der Waals surface area contributed by atoms with Gasteiger partial charge in [0.05, 0.1) is 18.8 Å². The molecule has 0 saturated heterocycles. The molecule has 30 heavy (non-hydrogen) atoms. The van der Waals surface area contributed by atoms with Gasteiger partial charge in [0.25, 0.3) is 0 Å². The fourth-order valence-corrected chi connectivity index (χ4v) is 4.08. The van der Waals surface area contributed by atoms with Crippen LogP contribution in [0.1, 0.15) is 50.7 Å². The highest BCUT2D eigenvalue weighted by atomic mass is 19.1. The molecule has 0 fully saturated rings. The Morgan fingerprint density at radius 2 is 1.97 bits per heavy atom. The van der Waals surface area contributed by atoms with Gasteiger partial charge in [0.15, 0.2) is 0 Å². The molecule has 0 spiro atoms. The maximum absolute atomic E-state index is 14.7. The molecule has 2 aromatic heterocycles. The van der Waals surface area contributed by atoms with Crippen LogP contribution < -0.4 is 0 Å². The van der Waals surface area contributed by atoms with Crippen molar-refractivity contribution in [2.45, 2.75) is 64.7 Å². The third kappa shape index (κ3) is 4.14. The SMILES string of the molecule is CC(C(Cn1cncn1)c1ccc(F)cc1F)N1CCn2cc(C(C)(C)C)nc2C1.